The Morgan fingerprint density at radius 2 is 1.88 bits per heavy atom. The highest BCUT2D eigenvalue weighted by Crippen LogP contribution is 2.43. The molecule has 2 rings (SSSR count). The molecule has 4 heteroatoms. The predicted molar refractivity (Wildman–Crippen MR) is 65.8 cm³/mol. The van der Waals surface area contributed by atoms with E-state index >= 15 is 0 Å². The van der Waals surface area contributed by atoms with Gasteiger partial charge in [0.15, 0.2) is 11.5 Å². The summed E-state index contributed by atoms with van der Waals surface area (Å²) in [5, 5.41) is 8.46. The van der Waals surface area contributed by atoms with Crippen molar-refractivity contribution in [2.45, 2.75) is 19.9 Å². The van der Waals surface area contributed by atoms with Crippen LogP contribution in [0.5, 0.6) is 11.5 Å². The lowest BCUT2D eigenvalue weighted by Gasteiger charge is -2.24. The van der Waals surface area contributed by atoms with Crippen molar-refractivity contribution >= 4 is 0 Å². The highest BCUT2D eigenvalue weighted by Gasteiger charge is 2.35. The zero-order valence-electron chi connectivity index (χ0n) is 10.7. The van der Waals surface area contributed by atoms with Gasteiger partial charge in [-0.1, -0.05) is 19.9 Å². The summed E-state index contributed by atoms with van der Waals surface area (Å²) in [7, 11) is 3.28. The lowest BCUT2D eigenvalue weighted by Crippen LogP contribution is -2.19. The van der Waals surface area contributed by atoms with Gasteiger partial charge in [-0.3, -0.25) is 0 Å². The number of azo groups is 1. The average molecular weight is 234 g/mol. The largest absolute Gasteiger partial charge is 0.493 e. The van der Waals surface area contributed by atoms with Crippen molar-refractivity contribution in [2.75, 3.05) is 20.8 Å². The van der Waals surface area contributed by atoms with Gasteiger partial charge in [0.25, 0.3) is 0 Å². The first kappa shape index (κ1) is 11.9. The molecule has 0 spiro atoms. The van der Waals surface area contributed by atoms with Crippen LogP contribution < -0.4 is 9.47 Å². The lowest BCUT2D eigenvalue weighted by molar-refractivity contribution is 0.338. The number of hydrogen-bond donors (Lipinski definition) is 0. The van der Waals surface area contributed by atoms with Gasteiger partial charge in [-0.25, -0.2) is 0 Å². The molecule has 0 aliphatic carbocycles. The van der Waals surface area contributed by atoms with Crippen LogP contribution in [-0.2, 0) is 0 Å². The molecule has 0 saturated carbocycles. The Morgan fingerprint density at radius 3 is 2.41 bits per heavy atom. The minimum Gasteiger partial charge on any atom is -0.493 e. The third-order valence-electron chi connectivity index (χ3n) is 3.14. The summed E-state index contributed by atoms with van der Waals surface area (Å²) in [5.41, 5.74) is 1.19. The Labute approximate surface area is 102 Å². The second kappa shape index (κ2) is 4.35. The van der Waals surface area contributed by atoms with Crippen molar-refractivity contribution in [3.8, 4) is 11.5 Å². The zero-order chi connectivity index (χ0) is 12.5. The monoisotopic (exact) mass is 234 g/mol. The Bertz CT molecular complexity index is 441. The Kier molecular flexibility index (Phi) is 3.05. The van der Waals surface area contributed by atoms with E-state index in [4.69, 9.17) is 9.47 Å². The zero-order valence-corrected chi connectivity index (χ0v) is 10.7. The average Bonchev–Trinajstić information content (AvgIpc) is 2.68. The van der Waals surface area contributed by atoms with Gasteiger partial charge in [0.05, 0.1) is 20.8 Å². The summed E-state index contributed by atoms with van der Waals surface area (Å²) in [4.78, 5) is 0. The van der Waals surface area contributed by atoms with Gasteiger partial charge in [-0.2, -0.15) is 10.2 Å². The molecule has 1 heterocycles. The van der Waals surface area contributed by atoms with Crippen LogP contribution in [0.4, 0.5) is 0 Å². The van der Waals surface area contributed by atoms with Crippen molar-refractivity contribution in [2.24, 2.45) is 15.6 Å². The van der Waals surface area contributed by atoms with Crippen LogP contribution in [0, 0.1) is 5.41 Å². The van der Waals surface area contributed by atoms with E-state index in [9.17, 15) is 0 Å². The molecule has 1 aromatic carbocycles. The molecule has 0 amide bonds. The SMILES string of the molecule is COc1ccc(C2N=NCC2(C)C)cc1OC. The number of hydrogen-bond acceptors (Lipinski definition) is 4. The van der Waals surface area contributed by atoms with Gasteiger partial charge in [-0.15, -0.1) is 0 Å². The minimum absolute atomic E-state index is 0.0690. The summed E-state index contributed by atoms with van der Waals surface area (Å²) >= 11 is 0. The molecule has 1 atom stereocenters. The maximum atomic E-state index is 5.31. The Balaban J connectivity index is 2.37. The first-order chi connectivity index (χ1) is 8.08. The van der Waals surface area contributed by atoms with E-state index < -0.39 is 0 Å². The highest BCUT2D eigenvalue weighted by molar-refractivity contribution is 5.44. The molecular weight excluding hydrogens is 216 g/mol. The molecule has 0 saturated heterocycles. The fourth-order valence-corrected chi connectivity index (χ4v) is 2.09. The van der Waals surface area contributed by atoms with E-state index in [1.54, 1.807) is 14.2 Å². The number of rotatable bonds is 3. The molecule has 1 aliphatic rings. The first-order valence-corrected chi connectivity index (χ1v) is 5.67. The van der Waals surface area contributed by atoms with Crippen molar-refractivity contribution < 1.29 is 9.47 Å². The molecule has 92 valence electrons. The molecule has 0 aromatic heterocycles. The fraction of sp³-hybridized carbons (Fsp3) is 0.538. The molecular formula is C13H18N2O2. The summed E-state index contributed by atoms with van der Waals surface area (Å²) in [6.45, 7) is 5.12. The lowest BCUT2D eigenvalue weighted by atomic mass is 9.82. The molecule has 17 heavy (non-hydrogen) atoms. The summed E-state index contributed by atoms with van der Waals surface area (Å²) < 4.78 is 10.5. The van der Waals surface area contributed by atoms with Crippen molar-refractivity contribution in [1.29, 1.82) is 0 Å². The normalized spacial score (nSPS) is 21.5. The van der Waals surface area contributed by atoms with E-state index in [0.717, 1.165) is 23.6 Å². The molecule has 0 fully saturated rings. The summed E-state index contributed by atoms with van der Waals surface area (Å²) in [6.07, 6.45) is 0. The van der Waals surface area contributed by atoms with E-state index in [1.807, 2.05) is 18.2 Å². The second-order valence-electron chi connectivity index (χ2n) is 4.92. The van der Waals surface area contributed by atoms with Crippen LogP contribution in [0.3, 0.4) is 0 Å². The maximum absolute atomic E-state index is 5.31. The van der Waals surface area contributed by atoms with Crippen LogP contribution in [-0.4, -0.2) is 20.8 Å². The second-order valence-corrected chi connectivity index (χ2v) is 4.92. The smallest absolute Gasteiger partial charge is 0.161 e. The predicted octanol–water partition coefficient (Wildman–Crippen LogP) is 3.24. The van der Waals surface area contributed by atoms with E-state index in [0.29, 0.717) is 0 Å². The number of ether oxygens (including phenoxy) is 2. The highest BCUT2D eigenvalue weighted by atomic mass is 16.5. The third kappa shape index (κ3) is 2.12. The van der Waals surface area contributed by atoms with Gasteiger partial charge < -0.3 is 9.47 Å². The van der Waals surface area contributed by atoms with Crippen LogP contribution in [0.1, 0.15) is 25.5 Å². The minimum atomic E-state index is 0.0690. The van der Waals surface area contributed by atoms with Gasteiger partial charge in [-0.05, 0) is 17.7 Å². The van der Waals surface area contributed by atoms with E-state index in [2.05, 4.69) is 24.1 Å². The molecule has 1 aromatic rings. The molecule has 0 N–H and O–H groups in total. The quantitative estimate of drug-likeness (QED) is 0.805. The van der Waals surface area contributed by atoms with Crippen LogP contribution >= 0.6 is 0 Å². The van der Waals surface area contributed by atoms with Crippen LogP contribution in [0.2, 0.25) is 0 Å². The number of benzene rings is 1. The molecule has 1 aliphatic heterocycles. The van der Waals surface area contributed by atoms with Gasteiger partial charge in [0.2, 0.25) is 0 Å². The van der Waals surface area contributed by atoms with Gasteiger partial charge in [0, 0.05) is 5.41 Å². The maximum Gasteiger partial charge on any atom is 0.161 e. The number of nitrogens with zero attached hydrogens (tertiary/aromatic N) is 2. The molecule has 4 nitrogen and oxygen atoms in total. The molecule has 0 radical (unpaired) electrons. The van der Waals surface area contributed by atoms with Crippen LogP contribution in [0.15, 0.2) is 28.4 Å². The van der Waals surface area contributed by atoms with E-state index in [1.165, 1.54) is 0 Å². The summed E-state index contributed by atoms with van der Waals surface area (Å²) in [5.74, 6) is 1.48. The van der Waals surface area contributed by atoms with Crippen molar-refractivity contribution in [3.63, 3.8) is 0 Å². The first-order valence-electron chi connectivity index (χ1n) is 5.67. The Morgan fingerprint density at radius 1 is 1.18 bits per heavy atom. The van der Waals surface area contributed by atoms with Crippen molar-refractivity contribution in [3.05, 3.63) is 23.8 Å². The standard InChI is InChI=1S/C13H18N2O2/c1-13(2)8-14-15-12(13)9-5-6-10(16-3)11(7-9)17-4/h5-7,12H,8H2,1-4H3. The third-order valence-corrected chi connectivity index (χ3v) is 3.14. The van der Waals surface area contributed by atoms with E-state index in [-0.39, 0.29) is 11.5 Å². The van der Waals surface area contributed by atoms with Crippen molar-refractivity contribution in [1.82, 2.24) is 0 Å². The van der Waals surface area contributed by atoms with Gasteiger partial charge >= 0.3 is 0 Å². The molecule has 0 bridgehead atoms. The molecule has 1 unspecified atom stereocenters. The van der Waals surface area contributed by atoms with Gasteiger partial charge in [0.1, 0.15) is 6.04 Å². The Hall–Kier alpha value is -1.58. The number of methoxy groups -OCH3 is 2. The topological polar surface area (TPSA) is 43.2 Å². The van der Waals surface area contributed by atoms with Crippen LogP contribution in [0.25, 0.3) is 0 Å². The fourth-order valence-electron chi connectivity index (χ4n) is 2.09. The summed E-state index contributed by atoms with van der Waals surface area (Å²) in [6, 6.07) is 6.02.